The number of amidine groups is 1. The van der Waals surface area contributed by atoms with Crippen molar-refractivity contribution in [2.24, 2.45) is 10.7 Å². The lowest BCUT2D eigenvalue weighted by Crippen LogP contribution is -2.46. The van der Waals surface area contributed by atoms with Crippen molar-refractivity contribution in [2.45, 2.75) is 38.1 Å². The molecule has 3 N–H and O–H groups in total. The van der Waals surface area contributed by atoms with Crippen molar-refractivity contribution in [3.8, 4) is 17.6 Å². The summed E-state index contributed by atoms with van der Waals surface area (Å²) in [5.41, 5.74) is 2.65. The lowest BCUT2D eigenvalue weighted by Gasteiger charge is -2.36. The number of carbonyl (C=O) groups is 1. The van der Waals surface area contributed by atoms with Gasteiger partial charge < -0.3 is 20.5 Å². The zero-order chi connectivity index (χ0) is 25.1. The molecule has 1 aromatic heterocycles. The first-order valence-corrected chi connectivity index (χ1v) is 9.81. The molecule has 34 heavy (non-hydrogen) atoms. The molecule has 1 aliphatic heterocycles. The Morgan fingerprint density at radius 3 is 2.71 bits per heavy atom. The van der Waals surface area contributed by atoms with E-state index in [1.54, 1.807) is 6.92 Å². The topological polar surface area (TPSA) is 98.8 Å². The fourth-order valence-corrected chi connectivity index (χ4v) is 3.26. The summed E-state index contributed by atoms with van der Waals surface area (Å²) < 4.78 is 78.5. The highest BCUT2D eigenvalue weighted by Gasteiger charge is 2.50. The van der Waals surface area contributed by atoms with Crippen LogP contribution in [0, 0.1) is 23.5 Å². The van der Waals surface area contributed by atoms with Gasteiger partial charge in [0, 0.05) is 23.7 Å². The van der Waals surface area contributed by atoms with Crippen LogP contribution in [0.25, 0.3) is 0 Å². The third-order valence-corrected chi connectivity index (χ3v) is 4.89. The minimum absolute atomic E-state index is 0.0723. The predicted octanol–water partition coefficient (Wildman–Crippen LogP) is 3.90. The number of aromatic nitrogens is 1. The molecule has 0 saturated carbocycles. The maximum Gasteiger partial charge on any atom is 0.425 e. The van der Waals surface area contributed by atoms with Crippen molar-refractivity contribution in [1.82, 2.24) is 4.98 Å². The Labute approximate surface area is 191 Å². The van der Waals surface area contributed by atoms with E-state index in [0.29, 0.717) is 11.8 Å². The van der Waals surface area contributed by atoms with Crippen LogP contribution in [-0.4, -0.2) is 35.8 Å². The standard InChI is InChI=1S/C22H19F5N4O3/c1-3-4-7-33-13-5-6-16(29-11-13)19(32)30-12-8-14(18(24)15(23)9-12)21(2)10-17(22(25,26)27)34-20(28)31-21/h5-6,8-9,11,17H,7,10H2,1-2H3,(H2,28,31)(H,30,32)/t17-,21+/m0/s1. The van der Waals surface area contributed by atoms with Crippen LogP contribution in [0.3, 0.4) is 0 Å². The molecule has 0 saturated heterocycles. The van der Waals surface area contributed by atoms with E-state index in [0.717, 1.165) is 13.0 Å². The largest absolute Gasteiger partial charge is 0.479 e. The Balaban J connectivity index is 1.86. The van der Waals surface area contributed by atoms with Gasteiger partial charge in [-0.15, -0.1) is 5.92 Å². The number of nitrogens with zero attached hydrogens (tertiary/aromatic N) is 2. The third-order valence-electron chi connectivity index (χ3n) is 4.89. The molecular weight excluding hydrogens is 463 g/mol. The summed E-state index contributed by atoms with van der Waals surface area (Å²) in [6, 6.07) is 3.67. The molecule has 1 amide bonds. The van der Waals surface area contributed by atoms with Crippen LogP contribution in [0.5, 0.6) is 5.75 Å². The highest BCUT2D eigenvalue weighted by molar-refractivity contribution is 6.02. The number of alkyl halides is 3. The highest BCUT2D eigenvalue weighted by atomic mass is 19.4. The Morgan fingerprint density at radius 1 is 1.35 bits per heavy atom. The summed E-state index contributed by atoms with van der Waals surface area (Å²) in [6.07, 6.45) is -6.76. The minimum atomic E-state index is -4.81. The molecule has 3 rings (SSSR count). The summed E-state index contributed by atoms with van der Waals surface area (Å²) >= 11 is 0. The highest BCUT2D eigenvalue weighted by Crippen LogP contribution is 2.41. The van der Waals surface area contributed by atoms with Crippen LogP contribution in [-0.2, 0) is 10.3 Å². The van der Waals surface area contributed by atoms with Gasteiger partial charge in [-0.1, -0.05) is 5.92 Å². The molecule has 2 atom stereocenters. The maximum absolute atomic E-state index is 14.6. The zero-order valence-electron chi connectivity index (χ0n) is 18.0. The van der Waals surface area contributed by atoms with Crippen molar-refractivity contribution in [1.29, 1.82) is 0 Å². The fraction of sp³-hybridized carbons (Fsp3) is 0.318. The van der Waals surface area contributed by atoms with Crippen LogP contribution >= 0.6 is 0 Å². The number of hydrogen-bond donors (Lipinski definition) is 2. The molecule has 0 fully saturated rings. The van der Waals surface area contributed by atoms with Crippen LogP contribution in [0.2, 0.25) is 0 Å². The van der Waals surface area contributed by atoms with Crippen LogP contribution in [0.15, 0.2) is 35.5 Å². The number of carbonyl (C=O) groups excluding carboxylic acids is 1. The second kappa shape index (κ2) is 9.54. The first-order valence-electron chi connectivity index (χ1n) is 9.81. The Morgan fingerprint density at radius 2 is 2.09 bits per heavy atom. The molecule has 7 nitrogen and oxygen atoms in total. The van der Waals surface area contributed by atoms with Gasteiger partial charge in [0.15, 0.2) is 17.7 Å². The van der Waals surface area contributed by atoms with Crippen molar-refractivity contribution in [3.05, 3.63) is 53.4 Å². The quantitative estimate of drug-likeness (QED) is 0.498. The van der Waals surface area contributed by atoms with E-state index in [1.807, 2.05) is 0 Å². The fourth-order valence-electron chi connectivity index (χ4n) is 3.26. The number of rotatable bonds is 5. The molecule has 0 aliphatic carbocycles. The first-order chi connectivity index (χ1) is 15.9. The molecule has 0 spiro atoms. The zero-order valence-corrected chi connectivity index (χ0v) is 18.0. The summed E-state index contributed by atoms with van der Waals surface area (Å²) in [5.74, 6) is 2.11. The second-order valence-corrected chi connectivity index (χ2v) is 7.44. The van der Waals surface area contributed by atoms with E-state index in [-0.39, 0.29) is 18.0 Å². The van der Waals surface area contributed by atoms with Gasteiger partial charge in [0.05, 0.1) is 11.7 Å². The number of aliphatic imine (C=N–C) groups is 1. The third kappa shape index (κ3) is 5.54. The molecule has 1 aromatic carbocycles. The lowest BCUT2D eigenvalue weighted by atomic mass is 9.85. The Kier molecular flexibility index (Phi) is 6.95. The van der Waals surface area contributed by atoms with E-state index >= 15 is 0 Å². The van der Waals surface area contributed by atoms with Crippen LogP contribution in [0.4, 0.5) is 27.6 Å². The van der Waals surface area contributed by atoms with Gasteiger partial charge in [-0.25, -0.2) is 18.8 Å². The first kappa shape index (κ1) is 24.8. The molecule has 1 aliphatic rings. The van der Waals surface area contributed by atoms with E-state index in [1.165, 1.54) is 18.3 Å². The molecule has 12 heteroatoms. The van der Waals surface area contributed by atoms with E-state index < -0.39 is 53.4 Å². The van der Waals surface area contributed by atoms with Gasteiger partial charge >= 0.3 is 6.18 Å². The van der Waals surface area contributed by atoms with Gasteiger partial charge in [0.25, 0.3) is 11.9 Å². The number of hydrogen-bond acceptors (Lipinski definition) is 6. The number of ether oxygens (including phenoxy) is 2. The smallest absolute Gasteiger partial charge is 0.425 e. The molecule has 2 heterocycles. The molecule has 0 radical (unpaired) electrons. The SMILES string of the molecule is CC#CCOc1ccc(C(=O)Nc2cc(F)c(F)c([C@@]3(C)C[C@@H](C(F)(F)F)OC(N)=N3)c2)nc1. The number of amides is 1. The molecule has 0 unspecified atom stereocenters. The summed E-state index contributed by atoms with van der Waals surface area (Å²) in [5, 5.41) is 2.34. The molecular formula is C22H19F5N4O3. The van der Waals surface area contributed by atoms with E-state index in [2.05, 4.69) is 31.9 Å². The summed E-state index contributed by atoms with van der Waals surface area (Å²) in [7, 11) is 0. The summed E-state index contributed by atoms with van der Waals surface area (Å²) in [6.45, 7) is 2.94. The van der Waals surface area contributed by atoms with Gasteiger partial charge in [0.2, 0.25) is 0 Å². The van der Waals surface area contributed by atoms with Crippen molar-refractivity contribution in [3.63, 3.8) is 0 Å². The number of nitrogens with one attached hydrogen (secondary N) is 1. The second-order valence-electron chi connectivity index (χ2n) is 7.44. The average Bonchev–Trinajstić information content (AvgIpc) is 2.75. The lowest BCUT2D eigenvalue weighted by molar-refractivity contribution is -0.208. The van der Waals surface area contributed by atoms with Gasteiger partial charge in [-0.05, 0) is 32.0 Å². The van der Waals surface area contributed by atoms with Gasteiger partial charge in [-0.3, -0.25) is 4.79 Å². The van der Waals surface area contributed by atoms with Crippen molar-refractivity contribution in [2.75, 3.05) is 11.9 Å². The normalized spacial score (nSPS) is 19.9. The van der Waals surface area contributed by atoms with Gasteiger partial charge in [-0.2, -0.15) is 13.2 Å². The summed E-state index contributed by atoms with van der Waals surface area (Å²) in [4.78, 5) is 20.2. The number of anilines is 1. The number of pyridine rings is 1. The van der Waals surface area contributed by atoms with E-state index in [4.69, 9.17) is 10.5 Å². The maximum atomic E-state index is 14.6. The van der Waals surface area contributed by atoms with Crippen molar-refractivity contribution >= 4 is 17.6 Å². The minimum Gasteiger partial charge on any atom is -0.479 e. The predicted molar refractivity (Wildman–Crippen MR) is 112 cm³/mol. The van der Waals surface area contributed by atoms with Gasteiger partial charge in [0.1, 0.15) is 18.1 Å². The average molecular weight is 482 g/mol. The van der Waals surface area contributed by atoms with Crippen molar-refractivity contribution < 1.29 is 36.2 Å². The Hall–Kier alpha value is -3.88. The van der Waals surface area contributed by atoms with E-state index in [9.17, 15) is 26.7 Å². The molecule has 180 valence electrons. The number of nitrogens with two attached hydrogens (primary N) is 1. The van der Waals surface area contributed by atoms with Crippen LogP contribution in [0.1, 0.15) is 36.3 Å². The molecule has 0 bridgehead atoms. The molecule has 2 aromatic rings. The Bertz CT molecular complexity index is 1170. The van der Waals surface area contributed by atoms with Crippen LogP contribution < -0.4 is 15.8 Å². The number of benzene rings is 1. The monoisotopic (exact) mass is 482 g/mol. The number of halogens is 5.